The third kappa shape index (κ3) is 4.72. The summed E-state index contributed by atoms with van der Waals surface area (Å²) in [6, 6.07) is 9.99. The van der Waals surface area contributed by atoms with Crippen LogP contribution >= 0.6 is 0 Å². The molecule has 0 aromatic heterocycles. The number of rotatable bonds is 7. The van der Waals surface area contributed by atoms with Crippen molar-refractivity contribution < 1.29 is 22.3 Å². The van der Waals surface area contributed by atoms with E-state index in [0.717, 1.165) is 10.6 Å². The molecule has 6 nitrogen and oxygen atoms in total. The number of ether oxygens (including phenoxy) is 1. The first-order valence-corrected chi connectivity index (χ1v) is 9.82. The molecule has 0 atom stereocenters. The maximum Gasteiger partial charge on any atom is 0.251 e. The van der Waals surface area contributed by atoms with Crippen molar-refractivity contribution in [2.45, 2.75) is 13.5 Å². The standard InChI is InChI=1S/C18H21FN2O4S/c1-4-25-17-10-5-13(18(22)20-2)11-14(17)12-21(26(3,23)24)16-8-6-15(19)7-9-16/h5-11H,4,12H2,1-3H3,(H,20,22). The van der Waals surface area contributed by atoms with Crippen LogP contribution in [0, 0.1) is 5.82 Å². The summed E-state index contributed by atoms with van der Waals surface area (Å²) < 4.78 is 44.4. The van der Waals surface area contributed by atoms with Crippen LogP contribution in [0.4, 0.5) is 10.1 Å². The van der Waals surface area contributed by atoms with Crippen LogP contribution in [-0.4, -0.2) is 34.2 Å². The maximum absolute atomic E-state index is 13.2. The van der Waals surface area contributed by atoms with Crippen molar-refractivity contribution in [1.82, 2.24) is 5.32 Å². The molecule has 2 aromatic carbocycles. The summed E-state index contributed by atoms with van der Waals surface area (Å²) in [5, 5.41) is 2.53. The number of nitrogens with zero attached hydrogens (tertiary/aromatic N) is 1. The number of carbonyl (C=O) groups is 1. The number of sulfonamides is 1. The number of hydrogen-bond donors (Lipinski definition) is 1. The SMILES string of the molecule is CCOc1ccc(C(=O)NC)cc1CN(c1ccc(F)cc1)S(C)(=O)=O. The fraction of sp³-hybridized carbons (Fsp3) is 0.278. The molecule has 0 aliphatic heterocycles. The fourth-order valence-corrected chi connectivity index (χ4v) is 3.33. The van der Waals surface area contributed by atoms with Gasteiger partial charge in [0.1, 0.15) is 11.6 Å². The van der Waals surface area contributed by atoms with E-state index in [1.807, 2.05) is 6.92 Å². The van der Waals surface area contributed by atoms with Crippen LogP contribution < -0.4 is 14.4 Å². The van der Waals surface area contributed by atoms with Crippen molar-refractivity contribution in [2.24, 2.45) is 0 Å². The van der Waals surface area contributed by atoms with Crippen molar-refractivity contribution in [1.29, 1.82) is 0 Å². The fourth-order valence-electron chi connectivity index (χ4n) is 2.45. The molecule has 0 radical (unpaired) electrons. The Kier molecular flexibility index (Phi) is 6.20. The molecule has 2 aromatic rings. The molecule has 0 saturated carbocycles. The van der Waals surface area contributed by atoms with Crippen molar-refractivity contribution in [2.75, 3.05) is 24.2 Å². The van der Waals surface area contributed by atoms with Gasteiger partial charge in [0.05, 0.1) is 25.1 Å². The quantitative estimate of drug-likeness (QED) is 0.801. The van der Waals surface area contributed by atoms with Gasteiger partial charge < -0.3 is 10.1 Å². The average molecular weight is 380 g/mol. The summed E-state index contributed by atoms with van der Waals surface area (Å²) in [4.78, 5) is 11.9. The minimum atomic E-state index is -3.64. The lowest BCUT2D eigenvalue weighted by atomic mass is 10.1. The molecule has 0 aliphatic carbocycles. The lowest BCUT2D eigenvalue weighted by Crippen LogP contribution is -2.29. The van der Waals surface area contributed by atoms with Crippen molar-refractivity contribution >= 4 is 21.6 Å². The first-order valence-electron chi connectivity index (χ1n) is 7.97. The van der Waals surface area contributed by atoms with E-state index < -0.39 is 15.8 Å². The molecule has 140 valence electrons. The molecule has 1 N–H and O–H groups in total. The van der Waals surface area contributed by atoms with Gasteiger partial charge in [0.15, 0.2) is 0 Å². The summed E-state index contributed by atoms with van der Waals surface area (Å²) >= 11 is 0. The number of halogens is 1. The van der Waals surface area contributed by atoms with E-state index >= 15 is 0 Å². The number of hydrogen-bond acceptors (Lipinski definition) is 4. The summed E-state index contributed by atoms with van der Waals surface area (Å²) in [5.41, 5.74) is 1.24. The van der Waals surface area contributed by atoms with Gasteiger partial charge in [0, 0.05) is 18.2 Å². The number of carbonyl (C=O) groups excluding carboxylic acids is 1. The number of amides is 1. The second-order valence-electron chi connectivity index (χ2n) is 5.58. The second-order valence-corrected chi connectivity index (χ2v) is 7.49. The van der Waals surface area contributed by atoms with Gasteiger partial charge in [-0.15, -0.1) is 0 Å². The Morgan fingerprint density at radius 3 is 2.38 bits per heavy atom. The molecular formula is C18H21FN2O4S. The minimum Gasteiger partial charge on any atom is -0.494 e. The van der Waals surface area contributed by atoms with Gasteiger partial charge in [-0.05, 0) is 49.4 Å². The predicted molar refractivity (Wildman–Crippen MR) is 98.4 cm³/mol. The van der Waals surface area contributed by atoms with Crippen LogP contribution in [0.5, 0.6) is 5.75 Å². The monoisotopic (exact) mass is 380 g/mol. The van der Waals surface area contributed by atoms with Crippen LogP contribution in [0.2, 0.25) is 0 Å². The summed E-state index contributed by atoms with van der Waals surface area (Å²) in [6.45, 7) is 2.15. The Morgan fingerprint density at radius 2 is 1.85 bits per heavy atom. The zero-order chi connectivity index (χ0) is 19.3. The molecule has 2 rings (SSSR count). The normalized spacial score (nSPS) is 11.1. The summed E-state index contributed by atoms with van der Waals surface area (Å²) in [5.74, 6) is -0.267. The van der Waals surface area contributed by atoms with Crippen LogP contribution in [-0.2, 0) is 16.6 Å². The van der Waals surface area contributed by atoms with Gasteiger partial charge in [0.25, 0.3) is 5.91 Å². The molecule has 0 unspecified atom stereocenters. The van der Waals surface area contributed by atoms with E-state index in [0.29, 0.717) is 29.2 Å². The highest BCUT2D eigenvalue weighted by Gasteiger charge is 2.21. The average Bonchev–Trinajstić information content (AvgIpc) is 2.60. The zero-order valence-corrected chi connectivity index (χ0v) is 15.6. The third-order valence-electron chi connectivity index (χ3n) is 3.68. The van der Waals surface area contributed by atoms with Crippen LogP contribution in [0.25, 0.3) is 0 Å². The highest BCUT2D eigenvalue weighted by molar-refractivity contribution is 7.92. The molecule has 0 aliphatic rings. The molecule has 0 heterocycles. The van der Waals surface area contributed by atoms with Crippen LogP contribution in [0.3, 0.4) is 0 Å². The first-order chi connectivity index (χ1) is 12.3. The Balaban J connectivity index is 2.49. The lowest BCUT2D eigenvalue weighted by molar-refractivity contribution is 0.0963. The van der Waals surface area contributed by atoms with E-state index in [4.69, 9.17) is 4.74 Å². The van der Waals surface area contributed by atoms with E-state index in [9.17, 15) is 17.6 Å². The lowest BCUT2D eigenvalue weighted by Gasteiger charge is -2.24. The molecular weight excluding hydrogens is 359 g/mol. The number of nitrogens with one attached hydrogen (secondary N) is 1. The summed E-state index contributed by atoms with van der Waals surface area (Å²) in [7, 11) is -2.13. The first kappa shape index (κ1) is 19.7. The minimum absolute atomic E-state index is 0.0510. The highest BCUT2D eigenvalue weighted by Crippen LogP contribution is 2.27. The van der Waals surface area contributed by atoms with Crippen molar-refractivity contribution in [3.05, 3.63) is 59.4 Å². The predicted octanol–water partition coefficient (Wildman–Crippen LogP) is 2.55. The van der Waals surface area contributed by atoms with Crippen molar-refractivity contribution in [3.8, 4) is 5.75 Å². The topological polar surface area (TPSA) is 75.7 Å². The number of benzene rings is 2. The molecule has 8 heteroatoms. The largest absolute Gasteiger partial charge is 0.494 e. The van der Waals surface area contributed by atoms with E-state index in [-0.39, 0.29) is 12.5 Å². The van der Waals surface area contributed by atoms with Gasteiger partial charge in [-0.25, -0.2) is 12.8 Å². The summed E-state index contributed by atoms with van der Waals surface area (Å²) in [6.07, 6.45) is 1.07. The molecule has 26 heavy (non-hydrogen) atoms. The Hall–Kier alpha value is -2.61. The maximum atomic E-state index is 13.2. The highest BCUT2D eigenvalue weighted by atomic mass is 32.2. The molecule has 0 fully saturated rings. The zero-order valence-electron chi connectivity index (χ0n) is 14.8. The van der Waals surface area contributed by atoms with E-state index in [1.54, 1.807) is 18.2 Å². The van der Waals surface area contributed by atoms with Crippen LogP contribution in [0.1, 0.15) is 22.8 Å². The Bertz CT molecular complexity index is 883. The molecule has 0 saturated heterocycles. The Labute approximate surface area is 152 Å². The van der Waals surface area contributed by atoms with Crippen LogP contribution in [0.15, 0.2) is 42.5 Å². The smallest absolute Gasteiger partial charge is 0.251 e. The van der Waals surface area contributed by atoms with Gasteiger partial charge in [0.2, 0.25) is 10.0 Å². The second kappa shape index (κ2) is 8.18. The van der Waals surface area contributed by atoms with Gasteiger partial charge in [-0.3, -0.25) is 9.10 Å². The van der Waals surface area contributed by atoms with E-state index in [2.05, 4.69) is 5.32 Å². The molecule has 0 spiro atoms. The number of anilines is 1. The third-order valence-corrected chi connectivity index (χ3v) is 4.82. The van der Waals surface area contributed by atoms with Gasteiger partial charge >= 0.3 is 0 Å². The van der Waals surface area contributed by atoms with Crippen molar-refractivity contribution in [3.63, 3.8) is 0 Å². The Morgan fingerprint density at radius 1 is 1.19 bits per heavy atom. The van der Waals surface area contributed by atoms with Gasteiger partial charge in [-0.2, -0.15) is 0 Å². The molecule has 0 bridgehead atoms. The van der Waals surface area contributed by atoms with Gasteiger partial charge in [-0.1, -0.05) is 0 Å². The van der Waals surface area contributed by atoms with E-state index in [1.165, 1.54) is 31.3 Å². The molecule has 1 amide bonds.